The summed E-state index contributed by atoms with van der Waals surface area (Å²) in [7, 11) is 1.61. The SMILES string of the molecule is CNC(=O)[C@H]1CNCCO1.Cl. The molecule has 4 nitrogen and oxygen atoms in total. The lowest BCUT2D eigenvalue weighted by molar-refractivity contribution is -0.133. The van der Waals surface area contributed by atoms with E-state index in [9.17, 15) is 4.79 Å². The minimum Gasteiger partial charge on any atom is -0.366 e. The molecule has 0 spiro atoms. The van der Waals surface area contributed by atoms with Gasteiger partial charge in [-0.2, -0.15) is 0 Å². The van der Waals surface area contributed by atoms with Gasteiger partial charge < -0.3 is 15.4 Å². The first-order valence-electron chi connectivity index (χ1n) is 3.38. The fraction of sp³-hybridized carbons (Fsp3) is 0.833. The molecule has 1 amide bonds. The molecule has 0 aromatic carbocycles. The Morgan fingerprint density at radius 1 is 1.73 bits per heavy atom. The summed E-state index contributed by atoms with van der Waals surface area (Å²) in [4.78, 5) is 10.9. The normalized spacial score (nSPS) is 23.5. The summed E-state index contributed by atoms with van der Waals surface area (Å²) in [6.45, 7) is 2.09. The zero-order valence-corrected chi connectivity index (χ0v) is 7.24. The van der Waals surface area contributed by atoms with Crippen LogP contribution >= 0.6 is 12.4 Å². The molecule has 1 atom stereocenters. The van der Waals surface area contributed by atoms with Gasteiger partial charge in [0.05, 0.1) is 6.61 Å². The maximum absolute atomic E-state index is 10.9. The quantitative estimate of drug-likeness (QED) is 0.553. The second-order valence-corrected chi connectivity index (χ2v) is 2.18. The Kier molecular flexibility index (Phi) is 5.19. The van der Waals surface area contributed by atoms with Gasteiger partial charge in [0.2, 0.25) is 5.91 Å². The van der Waals surface area contributed by atoms with Crippen LogP contribution in [0.4, 0.5) is 0 Å². The molecule has 0 aliphatic carbocycles. The minimum atomic E-state index is -0.293. The molecule has 11 heavy (non-hydrogen) atoms. The standard InChI is InChI=1S/C6H12N2O2.ClH/c1-7-6(9)5-4-8-2-3-10-5;/h5,8H,2-4H2,1H3,(H,7,9);1H/t5-;/m1./s1. The molecule has 1 aliphatic heterocycles. The van der Waals surface area contributed by atoms with E-state index >= 15 is 0 Å². The molecule has 0 aromatic rings. The summed E-state index contributed by atoms with van der Waals surface area (Å²) in [5.74, 6) is -0.0489. The summed E-state index contributed by atoms with van der Waals surface area (Å²) in [6.07, 6.45) is -0.293. The number of halogens is 1. The molecule has 0 unspecified atom stereocenters. The fourth-order valence-corrected chi connectivity index (χ4v) is 0.895. The smallest absolute Gasteiger partial charge is 0.250 e. The van der Waals surface area contributed by atoms with Crippen molar-refractivity contribution in [2.75, 3.05) is 26.7 Å². The fourth-order valence-electron chi connectivity index (χ4n) is 0.895. The number of nitrogens with one attached hydrogen (secondary N) is 2. The molecule has 2 N–H and O–H groups in total. The van der Waals surface area contributed by atoms with Gasteiger partial charge in [-0.05, 0) is 0 Å². The van der Waals surface area contributed by atoms with Gasteiger partial charge in [-0.3, -0.25) is 4.79 Å². The number of morpholine rings is 1. The van der Waals surface area contributed by atoms with Crippen molar-refractivity contribution < 1.29 is 9.53 Å². The number of carbonyl (C=O) groups is 1. The Morgan fingerprint density at radius 3 is 2.91 bits per heavy atom. The third-order valence-electron chi connectivity index (χ3n) is 1.47. The van der Waals surface area contributed by atoms with E-state index in [-0.39, 0.29) is 24.4 Å². The van der Waals surface area contributed by atoms with Crippen LogP contribution in [0.1, 0.15) is 0 Å². The van der Waals surface area contributed by atoms with Crippen molar-refractivity contribution in [3.8, 4) is 0 Å². The van der Waals surface area contributed by atoms with Gasteiger partial charge in [0.15, 0.2) is 0 Å². The Morgan fingerprint density at radius 2 is 2.45 bits per heavy atom. The zero-order valence-electron chi connectivity index (χ0n) is 6.42. The van der Waals surface area contributed by atoms with Gasteiger partial charge in [0, 0.05) is 20.1 Å². The second-order valence-electron chi connectivity index (χ2n) is 2.18. The molecular formula is C6H13ClN2O2. The molecule has 1 heterocycles. The van der Waals surface area contributed by atoms with Crippen molar-refractivity contribution in [2.45, 2.75) is 6.10 Å². The van der Waals surface area contributed by atoms with Gasteiger partial charge in [0.1, 0.15) is 6.10 Å². The highest BCUT2D eigenvalue weighted by atomic mass is 35.5. The van der Waals surface area contributed by atoms with Gasteiger partial charge in [-0.1, -0.05) is 0 Å². The largest absolute Gasteiger partial charge is 0.366 e. The molecule has 66 valence electrons. The zero-order chi connectivity index (χ0) is 7.40. The topological polar surface area (TPSA) is 50.4 Å². The first kappa shape index (κ1) is 10.7. The van der Waals surface area contributed by atoms with Crippen molar-refractivity contribution in [3.63, 3.8) is 0 Å². The number of hydrogen-bond acceptors (Lipinski definition) is 3. The van der Waals surface area contributed by atoms with Crippen molar-refractivity contribution in [3.05, 3.63) is 0 Å². The number of likely N-dealkylation sites (N-methyl/N-ethyl adjacent to an activating group) is 1. The molecular weight excluding hydrogens is 168 g/mol. The predicted octanol–water partition coefficient (Wildman–Crippen LogP) is -0.857. The van der Waals surface area contributed by atoms with Crippen LogP contribution in [0.5, 0.6) is 0 Å². The van der Waals surface area contributed by atoms with Crippen LogP contribution in [-0.4, -0.2) is 38.8 Å². The van der Waals surface area contributed by atoms with Gasteiger partial charge in [-0.25, -0.2) is 0 Å². The molecule has 5 heteroatoms. The van der Waals surface area contributed by atoms with Gasteiger partial charge >= 0.3 is 0 Å². The first-order chi connectivity index (χ1) is 4.84. The Balaban J connectivity index is 0.000001000. The summed E-state index contributed by atoms with van der Waals surface area (Å²) in [6, 6.07) is 0. The maximum Gasteiger partial charge on any atom is 0.250 e. The number of ether oxygens (including phenoxy) is 1. The van der Waals surface area contributed by atoms with Crippen LogP contribution < -0.4 is 10.6 Å². The average Bonchev–Trinajstić information content (AvgIpc) is 2.05. The van der Waals surface area contributed by atoms with E-state index < -0.39 is 0 Å². The third-order valence-corrected chi connectivity index (χ3v) is 1.47. The predicted molar refractivity (Wildman–Crippen MR) is 43.9 cm³/mol. The summed E-state index contributed by atoms with van der Waals surface area (Å²) < 4.78 is 5.16. The van der Waals surface area contributed by atoms with Gasteiger partial charge in [-0.15, -0.1) is 12.4 Å². The number of carbonyl (C=O) groups excluding carboxylic acids is 1. The highest BCUT2D eigenvalue weighted by Crippen LogP contribution is 1.94. The monoisotopic (exact) mass is 180 g/mol. The lowest BCUT2D eigenvalue weighted by Gasteiger charge is -2.21. The molecule has 1 aliphatic rings. The van der Waals surface area contributed by atoms with Crippen LogP contribution in [0.15, 0.2) is 0 Å². The van der Waals surface area contributed by atoms with Gasteiger partial charge in [0.25, 0.3) is 0 Å². The van der Waals surface area contributed by atoms with E-state index in [2.05, 4.69) is 10.6 Å². The Hall–Kier alpha value is -0.320. The number of hydrogen-bond donors (Lipinski definition) is 2. The van der Waals surface area contributed by atoms with Crippen molar-refractivity contribution in [2.24, 2.45) is 0 Å². The van der Waals surface area contributed by atoms with E-state index in [4.69, 9.17) is 4.74 Å². The Bertz CT molecular complexity index is 126. The minimum absolute atomic E-state index is 0. The van der Waals surface area contributed by atoms with Crippen LogP contribution in [0.3, 0.4) is 0 Å². The molecule has 0 bridgehead atoms. The van der Waals surface area contributed by atoms with E-state index in [1.165, 1.54) is 0 Å². The summed E-state index contributed by atoms with van der Waals surface area (Å²) in [5, 5.41) is 5.59. The molecule has 1 fully saturated rings. The number of amides is 1. The van der Waals surface area contributed by atoms with Crippen LogP contribution in [0, 0.1) is 0 Å². The van der Waals surface area contributed by atoms with Crippen molar-refractivity contribution >= 4 is 18.3 Å². The van der Waals surface area contributed by atoms with Crippen LogP contribution in [0.2, 0.25) is 0 Å². The molecule has 0 saturated carbocycles. The van der Waals surface area contributed by atoms with Crippen molar-refractivity contribution in [1.82, 2.24) is 10.6 Å². The summed E-state index contributed by atoms with van der Waals surface area (Å²) in [5.41, 5.74) is 0. The van der Waals surface area contributed by atoms with E-state index in [1.54, 1.807) is 7.05 Å². The Labute approximate surface area is 72.1 Å². The summed E-state index contributed by atoms with van der Waals surface area (Å²) >= 11 is 0. The lowest BCUT2D eigenvalue weighted by Crippen LogP contribution is -2.46. The molecule has 0 aromatic heterocycles. The first-order valence-corrected chi connectivity index (χ1v) is 3.38. The van der Waals surface area contributed by atoms with Crippen LogP contribution in [-0.2, 0) is 9.53 Å². The van der Waals surface area contributed by atoms with E-state index in [0.717, 1.165) is 6.54 Å². The van der Waals surface area contributed by atoms with E-state index in [1.807, 2.05) is 0 Å². The third kappa shape index (κ3) is 3.05. The maximum atomic E-state index is 10.9. The van der Waals surface area contributed by atoms with Crippen molar-refractivity contribution in [1.29, 1.82) is 0 Å². The van der Waals surface area contributed by atoms with E-state index in [0.29, 0.717) is 13.2 Å². The average molecular weight is 181 g/mol. The molecule has 0 radical (unpaired) electrons. The highest BCUT2D eigenvalue weighted by Gasteiger charge is 2.19. The second kappa shape index (κ2) is 5.35. The lowest BCUT2D eigenvalue weighted by atomic mass is 10.3. The molecule has 1 saturated heterocycles. The highest BCUT2D eigenvalue weighted by molar-refractivity contribution is 5.85. The number of rotatable bonds is 1. The molecule has 1 rings (SSSR count). The van der Waals surface area contributed by atoms with Crippen LogP contribution in [0.25, 0.3) is 0 Å².